The molecule has 0 atom stereocenters. The highest BCUT2D eigenvalue weighted by Gasteiger charge is 2.16. The summed E-state index contributed by atoms with van der Waals surface area (Å²) in [6.07, 6.45) is 5.61. The van der Waals surface area contributed by atoms with Crippen LogP contribution in [0.1, 0.15) is 24.8 Å². The van der Waals surface area contributed by atoms with Gasteiger partial charge in [0.05, 0.1) is 17.3 Å². The van der Waals surface area contributed by atoms with E-state index in [9.17, 15) is 0 Å². The zero-order chi connectivity index (χ0) is 11.7. The number of nitrogens with zero attached hydrogens (tertiary/aromatic N) is 2. The van der Waals surface area contributed by atoms with E-state index in [4.69, 9.17) is 9.68 Å². The predicted molar refractivity (Wildman–Crippen MR) is 67.0 cm³/mol. The summed E-state index contributed by atoms with van der Waals surface area (Å²) in [6, 6.07) is 7.77. The van der Waals surface area contributed by atoms with E-state index in [1.165, 1.54) is 19.3 Å². The summed E-state index contributed by atoms with van der Waals surface area (Å²) in [6.45, 7) is 2.18. The third-order valence-corrected chi connectivity index (χ3v) is 3.38. The van der Waals surface area contributed by atoms with Crippen LogP contribution in [0.5, 0.6) is 0 Å². The molecule has 1 aliphatic heterocycles. The Balaban J connectivity index is 2.06. The Bertz CT molecular complexity index is 573. The van der Waals surface area contributed by atoms with Gasteiger partial charge in [-0.25, -0.2) is 0 Å². The van der Waals surface area contributed by atoms with Crippen LogP contribution >= 0.6 is 0 Å². The molecule has 17 heavy (non-hydrogen) atoms. The van der Waals surface area contributed by atoms with Gasteiger partial charge in [-0.05, 0) is 37.5 Å². The highest BCUT2D eigenvalue weighted by Crippen LogP contribution is 2.31. The van der Waals surface area contributed by atoms with Gasteiger partial charge in [0.2, 0.25) is 0 Å². The summed E-state index contributed by atoms with van der Waals surface area (Å²) >= 11 is 0. The molecule has 1 fully saturated rings. The molecule has 3 rings (SSSR count). The van der Waals surface area contributed by atoms with Crippen LogP contribution in [-0.2, 0) is 0 Å². The fraction of sp³-hybridized carbons (Fsp3) is 0.357. The molecule has 1 aliphatic rings. The molecule has 3 heteroatoms. The number of hydrogen-bond donors (Lipinski definition) is 0. The molecule has 0 radical (unpaired) electrons. The molecular formula is C14H14N2O. The lowest BCUT2D eigenvalue weighted by atomic mass is 10.1. The molecule has 2 aromatic rings. The summed E-state index contributed by atoms with van der Waals surface area (Å²) in [7, 11) is 0. The maximum absolute atomic E-state index is 8.94. The van der Waals surface area contributed by atoms with Gasteiger partial charge in [0.15, 0.2) is 0 Å². The molecule has 1 aromatic heterocycles. The molecule has 0 N–H and O–H groups in total. The molecule has 0 saturated carbocycles. The second-order valence-electron chi connectivity index (χ2n) is 4.49. The van der Waals surface area contributed by atoms with Crippen LogP contribution in [0.15, 0.2) is 28.9 Å². The third-order valence-electron chi connectivity index (χ3n) is 3.38. The Kier molecular flexibility index (Phi) is 2.49. The summed E-state index contributed by atoms with van der Waals surface area (Å²) in [5.74, 6) is 0. The molecule has 0 aliphatic carbocycles. The van der Waals surface area contributed by atoms with Crippen molar-refractivity contribution in [3.8, 4) is 6.07 Å². The Hall–Kier alpha value is -1.95. The zero-order valence-electron chi connectivity index (χ0n) is 9.65. The lowest BCUT2D eigenvalue weighted by Gasteiger charge is -2.27. The van der Waals surface area contributed by atoms with Crippen molar-refractivity contribution < 1.29 is 4.42 Å². The Labute approximate surface area is 100 Å². The van der Waals surface area contributed by atoms with Crippen molar-refractivity contribution in [2.75, 3.05) is 18.0 Å². The number of fused-ring (bicyclic) bond motifs is 1. The number of furan rings is 1. The number of anilines is 1. The lowest BCUT2D eigenvalue weighted by molar-refractivity contribution is 0.569. The minimum Gasteiger partial charge on any atom is -0.462 e. The minimum atomic E-state index is 0.692. The number of hydrogen-bond acceptors (Lipinski definition) is 3. The van der Waals surface area contributed by atoms with Gasteiger partial charge in [-0.2, -0.15) is 5.26 Å². The zero-order valence-corrected chi connectivity index (χ0v) is 9.65. The molecule has 0 bridgehead atoms. The quantitative estimate of drug-likeness (QED) is 0.749. The molecule has 1 saturated heterocycles. The van der Waals surface area contributed by atoms with E-state index in [0.29, 0.717) is 5.56 Å². The van der Waals surface area contributed by atoms with Crippen LogP contribution in [0.25, 0.3) is 11.0 Å². The SMILES string of the molecule is N#Cc1ccc2occ(N3CCCCC3)c2c1. The number of benzene rings is 1. The molecule has 3 nitrogen and oxygen atoms in total. The van der Waals surface area contributed by atoms with E-state index in [2.05, 4.69) is 11.0 Å². The first kappa shape index (κ1) is 10.2. The van der Waals surface area contributed by atoms with Crippen LogP contribution in [0.3, 0.4) is 0 Å². The first-order valence-corrected chi connectivity index (χ1v) is 6.05. The van der Waals surface area contributed by atoms with E-state index < -0.39 is 0 Å². The van der Waals surface area contributed by atoms with Crippen molar-refractivity contribution in [1.82, 2.24) is 0 Å². The van der Waals surface area contributed by atoms with Crippen LogP contribution in [0.4, 0.5) is 5.69 Å². The van der Waals surface area contributed by atoms with Crippen molar-refractivity contribution in [3.63, 3.8) is 0 Å². The molecule has 0 amide bonds. The fourth-order valence-corrected chi connectivity index (χ4v) is 2.46. The smallest absolute Gasteiger partial charge is 0.136 e. The van der Waals surface area contributed by atoms with Crippen LogP contribution in [0, 0.1) is 11.3 Å². The monoisotopic (exact) mass is 226 g/mol. The average Bonchev–Trinajstić information content (AvgIpc) is 2.82. The number of nitriles is 1. The van der Waals surface area contributed by atoms with Crippen molar-refractivity contribution in [2.24, 2.45) is 0 Å². The van der Waals surface area contributed by atoms with Crippen LogP contribution in [0.2, 0.25) is 0 Å². The summed E-state index contributed by atoms with van der Waals surface area (Å²) < 4.78 is 5.55. The van der Waals surface area contributed by atoms with Crippen molar-refractivity contribution in [1.29, 1.82) is 5.26 Å². The maximum atomic E-state index is 8.94. The van der Waals surface area contributed by atoms with Gasteiger partial charge in [-0.15, -0.1) is 0 Å². The Morgan fingerprint density at radius 1 is 1.18 bits per heavy atom. The van der Waals surface area contributed by atoms with Crippen molar-refractivity contribution >= 4 is 16.7 Å². The molecule has 2 heterocycles. The first-order chi connectivity index (χ1) is 8.38. The molecule has 1 aromatic carbocycles. The second kappa shape index (κ2) is 4.14. The molecule has 86 valence electrons. The van der Waals surface area contributed by atoms with Gasteiger partial charge in [-0.1, -0.05) is 0 Å². The van der Waals surface area contributed by atoms with Gasteiger partial charge in [0, 0.05) is 18.5 Å². The topological polar surface area (TPSA) is 40.2 Å². The van der Waals surface area contributed by atoms with Crippen molar-refractivity contribution in [3.05, 3.63) is 30.0 Å². The highest BCUT2D eigenvalue weighted by molar-refractivity contribution is 5.92. The summed E-state index contributed by atoms with van der Waals surface area (Å²) in [5.41, 5.74) is 2.69. The van der Waals surface area contributed by atoms with Gasteiger partial charge in [0.25, 0.3) is 0 Å². The summed E-state index contributed by atoms with van der Waals surface area (Å²) in [5, 5.41) is 10.0. The van der Waals surface area contributed by atoms with Crippen LogP contribution < -0.4 is 4.90 Å². The van der Waals surface area contributed by atoms with E-state index in [0.717, 1.165) is 29.7 Å². The van der Waals surface area contributed by atoms with Crippen molar-refractivity contribution in [2.45, 2.75) is 19.3 Å². The standard InChI is InChI=1S/C14H14N2O/c15-9-11-4-5-14-12(8-11)13(10-17-14)16-6-2-1-3-7-16/h4-5,8,10H,1-3,6-7H2. The fourth-order valence-electron chi connectivity index (χ4n) is 2.46. The summed E-state index contributed by atoms with van der Waals surface area (Å²) in [4.78, 5) is 2.36. The normalized spacial score (nSPS) is 16.1. The van der Waals surface area contributed by atoms with Crippen LogP contribution in [-0.4, -0.2) is 13.1 Å². The van der Waals surface area contributed by atoms with E-state index >= 15 is 0 Å². The van der Waals surface area contributed by atoms with Gasteiger partial charge in [-0.3, -0.25) is 0 Å². The highest BCUT2D eigenvalue weighted by atomic mass is 16.3. The van der Waals surface area contributed by atoms with E-state index in [1.807, 2.05) is 18.4 Å². The number of rotatable bonds is 1. The average molecular weight is 226 g/mol. The van der Waals surface area contributed by atoms with E-state index in [-0.39, 0.29) is 0 Å². The maximum Gasteiger partial charge on any atom is 0.136 e. The van der Waals surface area contributed by atoms with Gasteiger partial charge in [0.1, 0.15) is 11.8 Å². The lowest BCUT2D eigenvalue weighted by Crippen LogP contribution is -2.29. The first-order valence-electron chi connectivity index (χ1n) is 6.05. The molecule has 0 unspecified atom stereocenters. The van der Waals surface area contributed by atoms with Gasteiger partial charge >= 0.3 is 0 Å². The number of piperidine rings is 1. The van der Waals surface area contributed by atoms with E-state index in [1.54, 1.807) is 6.07 Å². The predicted octanol–water partition coefficient (Wildman–Crippen LogP) is 3.29. The third kappa shape index (κ3) is 1.76. The molecular weight excluding hydrogens is 212 g/mol. The largest absolute Gasteiger partial charge is 0.462 e. The Morgan fingerprint density at radius 3 is 2.76 bits per heavy atom. The second-order valence-corrected chi connectivity index (χ2v) is 4.49. The van der Waals surface area contributed by atoms with Gasteiger partial charge < -0.3 is 9.32 Å². The Morgan fingerprint density at radius 2 is 2.00 bits per heavy atom. The minimum absolute atomic E-state index is 0.692. The molecule has 0 spiro atoms.